The van der Waals surface area contributed by atoms with E-state index < -0.39 is 5.97 Å². The van der Waals surface area contributed by atoms with Crippen LogP contribution in [0.3, 0.4) is 0 Å². The molecule has 7 heteroatoms. The van der Waals surface area contributed by atoms with Crippen molar-refractivity contribution in [3.05, 3.63) is 23.8 Å². The topological polar surface area (TPSA) is 83.1 Å². The van der Waals surface area contributed by atoms with Gasteiger partial charge in [0.2, 0.25) is 0 Å². The first-order valence-electron chi connectivity index (χ1n) is 7.94. The monoisotopic (exact) mass is 339 g/mol. The molecular formula is C17H25NO6. The molecule has 0 bridgehead atoms. The van der Waals surface area contributed by atoms with E-state index in [2.05, 4.69) is 5.32 Å². The lowest BCUT2D eigenvalue weighted by molar-refractivity contribution is -0.124. The Balaban J connectivity index is 2.62. The third-order valence-corrected chi connectivity index (χ3v) is 2.90. The van der Waals surface area contributed by atoms with E-state index in [-0.39, 0.29) is 12.5 Å². The van der Waals surface area contributed by atoms with Gasteiger partial charge in [0.15, 0.2) is 18.1 Å². The number of rotatable bonds is 11. The molecule has 1 rings (SSSR count). The SMILES string of the molecule is CCCOc1ccc(C(=O)OCC(=O)NCCOC)cc1OCC. The van der Waals surface area contributed by atoms with Gasteiger partial charge in [0.1, 0.15) is 0 Å². The Kier molecular flexibility index (Phi) is 9.29. The molecule has 0 fully saturated rings. The summed E-state index contributed by atoms with van der Waals surface area (Å²) in [6, 6.07) is 4.80. The highest BCUT2D eigenvalue weighted by atomic mass is 16.5. The smallest absolute Gasteiger partial charge is 0.338 e. The number of benzene rings is 1. The lowest BCUT2D eigenvalue weighted by Crippen LogP contribution is -2.31. The lowest BCUT2D eigenvalue weighted by atomic mass is 10.2. The highest BCUT2D eigenvalue weighted by molar-refractivity contribution is 5.92. The molecule has 24 heavy (non-hydrogen) atoms. The fourth-order valence-corrected chi connectivity index (χ4v) is 1.79. The minimum atomic E-state index is -0.597. The molecule has 0 aromatic heterocycles. The summed E-state index contributed by atoms with van der Waals surface area (Å²) in [5.41, 5.74) is 0.298. The molecule has 0 saturated heterocycles. The molecule has 134 valence electrons. The molecule has 1 amide bonds. The Labute approximate surface area is 142 Å². The largest absolute Gasteiger partial charge is 0.490 e. The summed E-state index contributed by atoms with van der Waals surface area (Å²) in [6.07, 6.45) is 0.869. The Morgan fingerprint density at radius 1 is 1.08 bits per heavy atom. The molecule has 0 aliphatic heterocycles. The zero-order valence-corrected chi connectivity index (χ0v) is 14.4. The molecule has 0 aliphatic carbocycles. The van der Waals surface area contributed by atoms with Gasteiger partial charge in [-0.05, 0) is 31.5 Å². The fraction of sp³-hybridized carbons (Fsp3) is 0.529. The van der Waals surface area contributed by atoms with E-state index in [1.54, 1.807) is 18.2 Å². The van der Waals surface area contributed by atoms with Crippen LogP contribution in [0.2, 0.25) is 0 Å². The van der Waals surface area contributed by atoms with Gasteiger partial charge in [-0.1, -0.05) is 6.92 Å². The molecule has 7 nitrogen and oxygen atoms in total. The second-order valence-electron chi connectivity index (χ2n) is 4.86. The molecule has 1 aromatic carbocycles. The average molecular weight is 339 g/mol. The lowest BCUT2D eigenvalue weighted by Gasteiger charge is -2.12. The predicted octanol–water partition coefficient (Wildman–Crippen LogP) is 1.79. The summed E-state index contributed by atoms with van der Waals surface area (Å²) in [7, 11) is 1.54. The van der Waals surface area contributed by atoms with Crippen LogP contribution in [-0.2, 0) is 14.3 Å². The highest BCUT2D eigenvalue weighted by Gasteiger charge is 2.14. The van der Waals surface area contributed by atoms with E-state index in [9.17, 15) is 9.59 Å². The maximum atomic E-state index is 12.0. The second kappa shape index (κ2) is 11.3. The maximum Gasteiger partial charge on any atom is 0.338 e. The van der Waals surface area contributed by atoms with Gasteiger partial charge in [-0.15, -0.1) is 0 Å². The van der Waals surface area contributed by atoms with Gasteiger partial charge in [-0.2, -0.15) is 0 Å². The van der Waals surface area contributed by atoms with Crippen LogP contribution in [-0.4, -0.2) is 52.0 Å². The Morgan fingerprint density at radius 2 is 1.88 bits per heavy atom. The molecular weight excluding hydrogens is 314 g/mol. The fourth-order valence-electron chi connectivity index (χ4n) is 1.79. The number of methoxy groups -OCH3 is 1. The number of nitrogens with one attached hydrogen (secondary N) is 1. The van der Waals surface area contributed by atoms with Crippen LogP contribution in [0.15, 0.2) is 18.2 Å². The summed E-state index contributed by atoms with van der Waals surface area (Å²) in [6.45, 7) is 5.28. The van der Waals surface area contributed by atoms with E-state index in [0.717, 1.165) is 6.42 Å². The van der Waals surface area contributed by atoms with Crippen LogP contribution in [0.4, 0.5) is 0 Å². The van der Waals surface area contributed by atoms with Gasteiger partial charge in [0.25, 0.3) is 5.91 Å². The van der Waals surface area contributed by atoms with Crippen LogP contribution < -0.4 is 14.8 Å². The first-order chi connectivity index (χ1) is 11.6. The van der Waals surface area contributed by atoms with Crippen molar-refractivity contribution < 1.29 is 28.5 Å². The van der Waals surface area contributed by atoms with E-state index in [0.29, 0.717) is 43.4 Å². The Hall–Kier alpha value is -2.28. The number of carbonyl (C=O) groups excluding carboxylic acids is 2. The number of esters is 1. The molecule has 0 saturated carbocycles. The number of amides is 1. The Morgan fingerprint density at radius 3 is 2.54 bits per heavy atom. The van der Waals surface area contributed by atoms with Crippen LogP contribution >= 0.6 is 0 Å². The summed E-state index contributed by atoms with van der Waals surface area (Å²) >= 11 is 0. The van der Waals surface area contributed by atoms with Gasteiger partial charge < -0.3 is 24.3 Å². The van der Waals surface area contributed by atoms with Gasteiger partial charge in [-0.25, -0.2) is 4.79 Å². The quantitative estimate of drug-likeness (QED) is 0.489. The molecule has 0 unspecified atom stereocenters. The number of carbonyl (C=O) groups is 2. The standard InChI is InChI=1S/C17H25NO6/c1-4-9-23-14-7-6-13(11-15(14)22-5-2)17(20)24-12-16(19)18-8-10-21-3/h6-7,11H,4-5,8-10,12H2,1-3H3,(H,18,19). The third kappa shape index (κ3) is 6.87. The minimum Gasteiger partial charge on any atom is -0.490 e. The summed E-state index contributed by atoms with van der Waals surface area (Å²) in [5, 5.41) is 2.57. The van der Waals surface area contributed by atoms with Crippen LogP contribution in [0.5, 0.6) is 11.5 Å². The molecule has 0 heterocycles. The number of hydrogen-bond acceptors (Lipinski definition) is 6. The molecule has 1 aromatic rings. The van der Waals surface area contributed by atoms with E-state index in [1.165, 1.54) is 7.11 Å². The summed E-state index contributed by atoms with van der Waals surface area (Å²) < 4.78 is 20.9. The zero-order chi connectivity index (χ0) is 17.8. The average Bonchev–Trinajstić information content (AvgIpc) is 2.59. The van der Waals surface area contributed by atoms with Crippen LogP contribution in [0.25, 0.3) is 0 Å². The van der Waals surface area contributed by atoms with Crippen molar-refractivity contribution in [1.29, 1.82) is 0 Å². The van der Waals surface area contributed by atoms with Gasteiger partial charge in [-0.3, -0.25) is 4.79 Å². The van der Waals surface area contributed by atoms with Crippen molar-refractivity contribution in [3.63, 3.8) is 0 Å². The van der Waals surface area contributed by atoms with E-state index >= 15 is 0 Å². The van der Waals surface area contributed by atoms with Crippen molar-refractivity contribution in [1.82, 2.24) is 5.32 Å². The van der Waals surface area contributed by atoms with Crippen molar-refractivity contribution >= 4 is 11.9 Å². The highest BCUT2D eigenvalue weighted by Crippen LogP contribution is 2.29. The van der Waals surface area contributed by atoms with Crippen LogP contribution in [0, 0.1) is 0 Å². The molecule has 1 N–H and O–H groups in total. The maximum absolute atomic E-state index is 12.0. The number of ether oxygens (including phenoxy) is 4. The van der Waals surface area contributed by atoms with Crippen molar-refractivity contribution in [2.75, 3.05) is 40.1 Å². The second-order valence-corrected chi connectivity index (χ2v) is 4.86. The molecule has 0 aliphatic rings. The first kappa shape index (κ1) is 19.8. The van der Waals surface area contributed by atoms with Crippen LogP contribution in [0.1, 0.15) is 30.6 Å². The van der Waals surface area contributed by atoms with Crippen molar-refractivity contribution in [2.45, 2.75) is 20.3 Å². The first-order valence-corrected chi connectivity index (χ1v) is 7.94. The van der Waals surface area contributed by atoms with Gasteiger partial charge in [0, 0.05) is 13.7 Å². The predicted molar refractivity (Wildman–Crippen MR) is 88.6 cm³/mol. The molecule has 0 spiro atoms. The summed E-state index contributed by atoms with van der Waals surface area (Å²) in [4.78, 5) is 23.5. The van der Waals surface area contributed by atoms with Gasteiger partial charge >= 0.3 is 5.97 Å². The van der Waals surface area contributed by atoms with E-state index in [4.69, 9.17) is 18.9 Å². The van der Waals surface area contributed by atoms with Crippen molar-refractivity contribution in [2.24, 2.45) is 0 Å². The summed E-state index contributed by atoms with van der Waals surface area (Å²) in [5.74, 6) is 0.0747. The third-order valence-electron chi connectivity index (χ3n) is 2.90. The molecule has 0 radical (unpaired) electrons. The van der Waals surface area contributed by atoms with Crippen molar-refractivity contribution in [3.8, 4) is 11.5 Å². The zero-order valence-electron chi connectivity index (χ0n) is 14.4. The Bertz CT molecular complexity index is 532. The number of hydrogen-bond donors (Lipinski definition) is 1. The van der Waals surface area contributed by atoms with E-state index in [1.807, 2.05) is 13.8 Å². The minimum absolute atomic E-state index is 0.298. The molecule has 0 atom stereocenters. The van der Waals surface area contributed by atoms with Gasteiger partial charge in [0.05, 0.1) is 25.4 Å². The normalized spacial score (nSPS) is 10.1.